The van der Waals surface area contributed by atoms with Crippen molar-refractivity contribution < 1.29 is 14.6 Å². The predicted molar refractivity (Wildman–Crippen MR) is 84.1 cm³/mol. The van der Waals surface area contributed by atoms with E-state index in [1.165, 1.54) is 0 Å². The largest absolute Gasteiger partial charge is 0.497 e. The summed E-state index contributed by atoms with van der Waals surface area (Å²) in [7, 11) is 3.29. The summed E-state index contributed by atoms with van der Waals surface area (Å²) in [6, 6.07) is 5.89. The second kappa shape index (κ2) is 7.00. The molecule has 118 valence electrons. The zero-order chi connectivity index (χ0) is 15.4. The summed E-state index contributed by atoms with van der Waals surface area (Å²) in [6.45, 7) is 3.59. The molecule has 5 heteroatoms. The number of rotatable bonds is 5. The molecule has 0 spiro atoms. The maximum atomic E-state index is 10.1. The second-order valence-corrected chi connectivity index (χ2v) is 5.71. The fourth-order valence-corrected chi connectivity index (χ4v) is 2.98. The van der Waals surface area contributed by atoms with E-state index in [2.05, 4.69) is 4.90 Å². The van der Waals surface area contributed by atoms with Crippen LogP contribution >= 0.6 is 0 Å². The van der Waals surface area contributed by atoms with Crippen LogP contribution in [-0.2, 0) is 0 Å². The summed E-state index contributed by atoms with van der Waals surface area (Å²) in [5.74, 6) is 1.73. The van der Waals surface area contributed by atoms with Crippen LogP contribution in [0.25, 0.3) is 0 Å². The van der Waals surface area contributed by atoms with Gasteiger partial charge in [-0.05, 0) is 12.8 Å². The molecule has 3 atom stereocenters. The summed E-state index contributed by atoms with van der Waals surface area (Å²) in [6.07, 6.45) is 1.32. The highest BCUT2D eigenvalue weighted by Crippen LogP contribution is 2.32. The Labute approximate surface area is 126 Å². The van der Waals surface area contributed by atoms with Gasteiger partial charge >= 0.3 is 0 Å². The van der Waals surface area contributed by atoms with Crippen LogP contribution in [-0.4, -0.2) is 44.6 Å². The molecule has 1 aliphatic rings. The van der Waals surface area contributed by atoms with E-state index in [0.29, 0.717) is 0 Å². The first-order chi connectivity index (χ1) is 10.1. The Balaban J connectivity index is 2.23. The smallest absolute Gasteiger partial charge is 0.124 e. The van der Waals surface area contributed by atoms with Gasteiger partial charge in [-0.15, -0.1) is 0 Å². The van der Waals surface area contributed by atoms with E-state index in [1.807, 2.05) is 25.1 Å². The molecule has 1 aromatic carbocycles. The first-order valence-electron chi connectivity index (χ1n) is 7.49. The van der Waals surface area contributed by atoms with Crippen LogP contribution in [0.15, 0.2) is 18.2 Å². The van der Waals surface area contributed by atoms with Crippen molar-refractivity contribution in [2.45, 2.75) is 31.9 Å². The van der Waals surface area contributed by atoms with Gasteiger partial charge in [0, 0.05) is 48.9 Å². The molecule has 1 saturated heterocycles. The highest BCUT2D eigenvalue weighted by atomic mass is 16.5. The molecule has 0 aromatic heterocycles. The third kappa shape index (κ3) is 3.80. The normalized spacial score (nSPS) is 23.8. The van der Waals surface area contributed by atoms with Gasteiger partial charge < -0.3 is 25.2 Å². The van der Waals surface area contributed by atoms with Crippen molar-refractivity contribution in [2.24, 2.45) is 11.7 Å². The lowest BCUT2D eigenvalue weighted by Crippen LogP contribution is -2.50. The van der Waals surface area contributed by atoms with Gasteiger partial charge in [0.25, 0.3) is 0 Å². The molecule has 5 nitrogen and oxygen atoms in total. The van der Waals surface area contributed by atoms with Gasteiger partial charge in [-0.3, -0.25) is 0 Å². The average Bonchev–Trinajstić information content (AvgIpc) is 2.52. The van der Waals surface area contributed by atoms with E-state index in [9.17, 15) is 5.11 Å². The minimum Gasteiger partial charge on any atom is -0.497 e. The summed E-state index contributed by atoms with van der Waals surface area (Å²) < 4.78 is 10.6. The molecule has 0 aliphatic carbocycles. The lowest BCUT2D eigenvalue weighted by Gasteiger charge is -2.39. The Morgan fingerprint density at radius 3 is 2.38 bits per heavy atom. The Bertz CT molecular complexity index is 445. The van der Waals surface area contributed by atoms with E-state index in [0.717, 1.165) is 43.1 Å². The lowest BCUT2D eigenvalue weighted by atomic mass is 9.88. The molecule has 0 radical (unpaired) electrons. The van der Waals surface area contributed by atoms with Crippen LogP contribution < -0.4 is 20.1 Å². The zero-order valence-electron chi connectivity index (χ0n) is 13.1. The monoisotopic (exact) mass is 294 g/mol. The number of ether oxygens (including phenoxy) is 2. The molecule has 3 unspecified atom stereocenters. The second-order valence-electron chi connectivity index (χ2n) is 5.71. The van der Waals surface area contributed by atoms with Gasteiger partial charge in [-0.25, -0.2) is 0 Å². The van der Waals surface area contributed by atoms with E-state index in [4.69, 9.17) is 15.2 Å². The molecule has 21 heavy (non-hydrogen) atoms. The molecule has 0 bridgehead atoms. The fourth-order valence-electron chi connectivity index (χ4n) is 2.98. The number of hydrogen-bond acceptors (Lipinski definition) is 5. The third-order valence-electron chi connectivity index (χ3n) is 4.18. The Hall–Kier alpha value is -1.46. The van der Waals surface area contributed by atoms with Crippen molar-refractivity contribution in [1.29, 1.82) is 0 Å². The number of piperidine rings is 1. The number of aliphatic hydroxyl groups excluding tert-OH is 1. The maximum absolute atomic E-state index is 10.1. The van der Waals surface area contributed by atoms with Crippen LogP contribution in [0, 0.1) is 5.92 Å². The van der Waals surface area contributed by atoms with Crippen molar-refractivity contribution >= 4 is 5.69 Å². The summed E-state index contributed by atoms with van der Waals surface area (Å²) in [5.41, 5.74) is 7.19. The predicted octanol–water partition coefficient (Wildman–Crippen LogP) is 1.63. The molecule has 1 heterocycles. The highest BCUT2D eigenvalue weighted by molar-refractivity contribution is 5.56. The van der Waals surface area contributed by atoms with Crippen LogP contribution in [0.5, 0.6) is 11.5 Å². The van der Waals surface area contributed by atoms with Gasteiger partial charge in [-0.1, -0.05) is 6.92 Å². The van der Waals surface area contributed by atoms with E-state index in [1.54, 1.807) is 14.2 Å². The number of hydrogen-bond donors (Lipinski definition) is 2. The van der Waals surface area contributed by atoms with E-state index >= 15 is 0 Å². The SMILES string of the molecule is CCC(O)C1CC(N)CN(c2cc(OC)cc(OC)c2)C1. The number of methoxy groups -OCH3 is 2. The Morgan fingerprint density at radius 1 is 1.24 bits per heavy atom. The molecular formula is C16H26N2O3. The van der Waals surface area contributed by atoms with Crippen molar-refractivity contribution in [3.63, 3.8) is 0 Å². The number of benzene rings is 1. The van der Waals surface area contributed by atoms with Gasteiger partial charge in [0.15, 0.2) is 0 Å². The van der Waals surface area contributed by atoms with E-state index < -0.39 is 0 Å². The third-order valence-corrected chi connectivity index (χ3v) is 4.18. The topological polar surface area (TPSA) is 68.0 Å². The molecular weight excluding hydrogens is 268 g/mol. The van der Waals surface area contributed by atoms with Gasteiger partial charge in [-0.2, -0.15) is 0 Å². The van der Waals surface area contributed by atoms with Crippen LogP contribution in [0.3, 0.4) is 0 Å². The van der Waals surface area contributed by atoms with Gasteiger partial charge in [0.2, 0.25) is 0 Å². The van der Waals surface area contributed by atoms with Gasteiger partial charge in [0.05, 0.1) is 20.3 Å². The van der Waals surface area contributed by atoms with Crippen LogP contribution in [0.1, 0.15) is 19.8 Å². The first kappa shape index (κ1) is 15.9. The quantitative estimate of drug-likeness (QED) is 0.864. The van der Waals surface area contributed by atoms with Crippen molar-refractivity contribution in [3.05, 3.63) is 18.2 Å². The lowest BCUT2D eigenvalue weighted by molar-refractivity contribution is 0.0902. The molecule has 1 aromatic rings. The summed E-state index contributed by atoms with van der Waals surface area (Å²) >= 11 is 0. The van der Waals surface area contributed by atoms with E-state index in [-0.39, 0.29) is 18.1 Å². The highest BCUT2D eigenvalue weighted by Gasteiger charge is 2.29. The molecule has 1 fully saturated rings. The minimum absolute atomic E-state index is 0.0714. The number of anilines is 1. The Kier molecular flexibility index (Phi) is 5.31. The number of aliphatic hydroxyl groups is 1. The van der Waals surface area contributed by atoms with Gasteiger partial charge in [0.1, 0.15) is 11.5 Å². The molecule has 0 saturated carbocycles. The van der Waals surface area contributed by atoms with Crippen molar-refractivity contribution in [1.82, 2.24) is 0 Å². The zero-order valence-corrected chi connectivity index (χ0v) is 13.1. The molecule has 3 N–H and O–H groups in total. The number of nitrogens with zero attached hydrogens (tertiary/aromatic N) is 1. The van der Waals surface area contributed by atoms with Crippen LogP contribution in [0.4, 0.5) is 5.69 Å². The van der Waals surface area contributed by atoms with Crippen molar-refractivity contribution in [3.8, 4) is 11.5 Å². The number of nitrogens with two attached hydrogens (primary N) is 1. The standard InChI is InChI=1S/C16H26N2O3/c1-4-16(19)11-5-12(17)10-18(9-11)13-6-14(20-2)8-15(7-13)21-3/h6-8,11-12,16,19H,4-5,9-10,17H2,1-3H3. The summed E-state index contributed by atoms with van der Waals surface area (Å²) in [4.78, 5) is 2.21. The van der Waals surface area contributed by atoms with Crippen molar-refractivity contribution in [2.75, 3.05) is 32.2 Å². The average molecular weight is 294 g/mol. The first-order valence-corrected chi connectivity index (χ1v) is 7.49. The van der Waals surface area contributed by atoms with Crippen LogP contribution in [0.2, 0.25) is 0 Å². The fraction of sp³-hybridized carbons (Fsp3) is 0.625. The summed E-state index contributed by atoms with van der Waals surface area (Å²) in [5, 5.41) is 10.1. The minimum atomic E-state index is -0.300. The Morgan fingerprint density at radius 2 is 1.86 bits per heavy atom. The molecule has 0 amide bonds. The molecule has 2 rings (SSSR count). The molecule has 1 aliphatic heterocycles. The maximum Gasteiger partial charge on any atom is 0.124 e.